The average molecular weight is 397 g/mol. The second-order valence-electron chi connectivity index (χ2n) is 8.25. The Hall–Kier alpha value is -2.60. The fourth-order valence-corrected chi connectivity index (χ4v) is 3.99. The molecule has 0 saturated carbocycles. The summed E-state index contributed by atoms with van der Waals surface area (Å²) in [4.78, 5) is 29.2. The van der Waals surface area contributed by atoms with E-state index in [0.717, 1.165) is 22.6 Å². The van der Waals surface area contributed by atoms with E-state index in [9.17, 15) is 9.59 Å². The lowest BCUT2D eigenvalue weighted by Gasteiger charge is -2.34. The van der Waals surface area contributed by atoms with Gasteiger partial charge in [-0.2, -0.15) is 0 Å². The first-order valence-corrected chi connectivity index (χ1v) is 10.3. The van der Waals surface area contributed by atoms with E-state index in [2.05, 4.69) is 39.9 Å². The van der Waals surface area contributed by atoms with Gasteiger partial charge in [0, 0.05) is 49.3 Å². The summed E-state index contributed by atoms with van der Waals surface area (Å²) in [6.45, 7) is 13.1. The molecule has 6 heteroatoms. The lowest BCUT2D eigenvalue weighted by Crippen LogP contribution is -2.51. The molecular weight excluding hydrogens is 364 g/mol. The Morgan fingerprint density at radius 1 is 1.03 bits per heavy atom. The molecule has 6 nitrogen and oxygen atoms in total. The van der Waals surface area contributed by atoms with Crippen molar-refractivity contribution in [3.05, 3.63) is 52.8 Å². The molecule has 0 aliphatic carbocycles. The van der Waals surface area contributed by atoms with Crippen molar-refractivity contribution in [2.45, 2.75) is 40.7 Å². The maximum atomic E-state index is 13.2. The van der Waals surface area contributed by atoms with E-state index in [1.165, 1.54) is 5.56 Å². The number of carbonyl (C=O) groups is 2. The minimum Gasteiger partial charge on any atom is -0.353 e. The summed E-state index contributed by atoms with van der Waals surface area (Å²) >= 11 is 0. The minimum atomic E-state index is 0.0430. The first kappa shape index (κ1) is 21.1. The zero-order chi connectivity index (χ0) is 21.1. The third kappa shape index (κ3) is 4.88. The van der Waals surface area contributed by atoms with Crippen LogP contribution in [0.25, 0.3) is 5.69 Å². The molecule has 2 aromatic rings. The maximum absolute atomic E-state index is 13.2. The van der Waals surface area contributed by atoms with Crippen LogP contribution in [-0.2, 0) is 4.79 Å². The van der Waals surface area contributed by atoms with Gasteiger partial charge in [-0.3, -0.25) is 14.5 Å². The summed E-state index contributed by atoms with van der Waals surface area (Å²) in [5, 5.41) is 2.92. The van der Waals surface area contributed by atoms with Gasteiger partial charge >= 0.3 is 0 Å². The molecule has 1 aromatic heterocycles. The second-order valence-corrected chi connectivity index (χ2v) is 8.25. The maximum Gasteiger partial charge on any atom is 0.255 e. The largest absolute Gasteiger partial charge is 0.353 e. The highest BCUT2D eigenvalue weighted by Crippen LogP contribution is 2.23. The number of nitrogens with zero attached hydrogens (tertiary/aromatic N) is 3. The van der Waals surface area contributed by atoms with Crippen molar-refractivity contribution in [3.63, 3.8) is 0 Å². The molecular formula is C23H32N4O2. The lowest BCUT2D eigenvalue weighted by molar-refractivity contribution is -0.123. The number of hydrogen-bond acceptors (Lipinski definition) is 3. The van der Waals surface area contributed by atoms with Gasteiger partial charge in [-0.25, -0.2) is 0 Å². The van der Waals surface area contributed by atoms with Crippen LogP contribution in [0, 0.1) is 20.8 Å². The van der Waals surface area contributed by atoms with E-state index in [1.54, 1.807) is 0 Å². The molecule has 1 aliphatic heterocycles. The monoisotopic (exact) mass is 396 g/mol. The molecule has 1 aliphatic rings. The third-order valence-corrected chi connectivity index (χ3v) is 5.40. The summed E-state index contributed by atoms with van der Waals surface area (Å²) in [6.07, 6.45) is 0. The number of aromatic nitrogens is 1. The molecule has 3 rings (SSSR count). The van der Waals surface area contributed by atoms with Crippen molar-refractivity contribution in [2.24, 2.45) is 0 Å². The number of piperazine rings is 1. The lowest BCUT2D eigenvalue weighted by atomic mass is 10.2. The standard InChI is InChI=1S/C23H32N4O2/c1-16(2)24-22(28)15-25-9-11-26(12-10-25)23(29)21-14-18(4)27(19(21)5)20-8-6-7-17(3)13-20/h6-8,13-14,16H,9-12,15H2,1-5H3,(H,24,28). The van der Waals surface area contributed by atoms with Crippen molar-refractivity contribution in [3.8, 4) is 5.69 Å². The van der Waals surface area contributed by atoms with Crippen molar-refractivity contribution < 1.29 is 9.59 Å². The zero-order valence-electron chi connectivity index (χ0n) is 18.2. The van der Waals surface area contributed by atoms with Gasteiger partial charge < -0.3 is 14.8 Å². The van der Waals surface area contributed by atoms with Gasteiger partial charge in [-0.1, -0.05) is 12.1 Å². The molecule has 29 heavy (non-hydrogen) atoms. The van der Waals surface area contributed by atoms with Crippen molar-refractivity contribution >= 4 is 11.8 Å². The first-order chi connectivity index (χ1) is 13.8. The van der Waals surface area contributed by atoms with E-state index in [0.29, 0.717) is 32.7 Å². The van der Waals surface area contributed by atoms with E-state index >= 15 is 0 Å². The highest BCUT2D eigenvalue weighted by Gasteiger charge is 2.26. The Balaban J connectivity index is 1.68. The molecule has 1 N–H and O–H groups in total. The molecule has 156 valence electrons. The Morgan fingerprint density at radius 3 is 2.34 bits per heavy atom. The van der Waals surface area contributed by atoms with Gasteiger partial charge in [-0.05, 0) is 58.4 Å². The molecule has 0 spiro atoms. The highest BCUT2D eigenvalue weighted by atomic mass is 16.2. The average Bonchev–Trinajstić information content (AvgIpc) is 2.95. The number of nitrogens with one attached hydrogen (secondary N) is 1. The smallest absolute Gasteiger partial charge is 0.255 e. The second kappa shape index (κ2) is 8.82. The number of amides is 2. The predicted molar refractivity (Wildman–Crippen MR) is 116 cm³/mol. The van der Waals surface area contributed by atoms with Gasteiger partial charge in [0.25, 0.3) is 5.91 Å². The molecule has 0 radical (unpaired) electrons. The van der Waals surface area contributed by atoms with Gasteiger partial charge in [0.15, 0.2) is 0 Å². The SMILES string of the molecule is Cc1cccc(-n2c(C)cc(C(=O)N3CCN(CC(=O)NC(C)C)CC3)c2C)c1. The number of carbonyl (C=O) groups excluding carboxylic acids is 2. The van der Waals surface area contributed by atoms with Crippen LogP contribution >= 0.6 is 0 Å². The van der Waals surface area contributed by atoms with Gasteiger partial charge in [0.05, 0.1) is 12.1 Å². The summed E-state index contributed by atoms with van der Waals surface area (Å²) in [5.41, 5.74) is 5.06. The van der Waals surface area contributed by atoms with Crippen molar-refractivity contribution in [2.75, 3.05) is 32.7 Å². The van der Waals surface area contributed by atoms with E-state index < -0.39 is 0 Å². The molecule has 1 aromatic carbocycles. The van der Waals surface area contributed by atoms with Crippen LogP contribution in [0.3, 0.4) is 0 Å². The molecule has 2 amide bonds. The van der Waals surface area contributed by atoms with Crippen LogP contribution in [0.15, 0.2) is 30.3 Å². The quantitative estimate of drug-likeness (QED) is 0.845. The number of benzene rings is 1. The topological polar surface area (TPSA) is 57.6 Å². The van der Waals surface area contributed by atoms with Crippen LogP contribution in [0.4, 0.5) is 0 Å². The van der Waals surface area contributed by atoms with Crippen LogP contribution in [-0.4, -0.2) is 64.9 Å². The van der Waals surface area contributed by atoms with Crippen molar-refractivity contribution in [1.82, 2.24) is 19.7 Å². The Kier molecular flexibility index (Phi) is 6.42. The summed E-state index contributed by atoms with van der Waals surface area (Å²) in [5.74, 6) is 0.116. The number of hydrogen-bond donors (Lipinski definition) is 1. The third-order valence-electron chi connectivity index (χ3n) is 5.40. The van der Waals surface area contributed by atoms with E-state index in [-0.39, 0.29) is 17.9 Å². The van der Waals surface area contributed by atoms with Crippen LogP contribution in [0.1, 0.15) is 41.2 Å². The Morgan fingerprint density at radius 2 is 1.72 bits per heavy atom. The fourth-order valence-electron chi connectivity index (χ4n) is 3.99. The molecule has 1 fully saturated rings. The van der Waals surface area contributed by atoms with Crippen LogP contribution < -0.4 is 5.32 Å². The highest BCUT2D eigenvalue weighted by molar-refractivity contribution is 5.96. The van der Waals surface area contributed by atoms with Crippen LogP contribution in [0.2, 0.25) is 0 Å². The Bertz CT molecular complexity index is 892. The predicted octanol–water partition coefficient (Wildman–Crippen LogP) is 2.68. The number of rotatable bonds is 5. The van der Waals surface area contributed by atoms with Crippen molar-refractivity contribution in [1.29, 1.82) is 0 Å². The molecule has 0 atom stereocenters. The summed E-state index contributed by atoms with van der Waals surface area (Å²) in [7, 11) is 0. The Labute approximate surface area is 173 Å². The normalized spacial score (nSPS) is 15.0. The molecule has 0 unspecified atom stereocenters. The molecule has 1 saturated heterocycles. The van der Waals surface area contributed by atoms with Gasteiger partial charge in [-0.15, -0.1) is 0 Å². The fraction of sp³-hybridized carbons (Fsp3) is 0.478. The van der Waals surface area contributed by atoms with Gasteiger partial charge in [0.2, 0.25) is 5.91 Å². The van der Waals surface area contributed by atoms with E-state index in [1.807, 2.05) is 44.7 Å². The van der Waals surface area contributed by atoms with E-state index in [4.69, 9.17) is 0 Å². The zero-order valence-corrected chi connectivity index (χ0v) is 18.2. The summed E-state index contributed by atoms with van der Waals surface area (Å²) < 4.78 is 2.15. The van der Waals surface area contributed by atoms with Crippen LogP contribution in [0.5, 0.6) is 0 Å². The molecule has 2 heterocycles. The first-order valence-electron chi connectivity index (χ1n) is 10.3. The van der Waals surface area contributed by atoms with Gasteiger partial charge in [0.1, 0.15) is 0 Å². The minimum absolute atomic E-state index is 0.0430. The molecule has 0 bridgehead atoms. The summed E-state index contributed by atoms with van der Waals surface area (Å²) in [6, 6.07) is 10.5. The number of aryl methyl sites for hydroxylation is 2.